The van der Waals surface area contributed by atoms with Crippen LogP contribution in [0, 0.1) is 11.6 Å². The fourth-order valence-corrected chi connectivity index (χ4v) is 2.51. The maximum atomic E-state index is 13.8. The van der Waals surface area contributed by atoms with Gasteiger partial charge in [0.15, 0.2) is 0 Å². The molecular formula is C13H14F2N2S. The van der Waals surface area contributed by atoms with Gasteiger partial charge in [0.25, 0.3) is 0 Å². The minimum absolute atomic E-state index is 0.179. The van der Waals surface area contributed by atoms with E-state index in [1.54, 1.807) is 6.20 Å². The van der Waals surface area contributed by atoms with Crippen LogP contribution in [0.15, 0.2) is 29.8 Å². The molecule has 0 aliphatic carbocycles. The molecule has 96 valence electrons. The minimum atomic E-state index is -0.555. The van der Waals surface area contributed by atoms with Crippen LogP contribution in [-0.2, 0) is 6.42 Å². The molecular weight excluding hydrogens is 254 g/mol. The molecule has 0 bridgehead atoms. The van der Waals surface area contributed by atoms with Gasteiger partial charge in [-0.05, 0) is 12.6 Å². The summed E-state index contributed by atoms with van der Waals surface area (Å²) in [5, 5.41) is 6.02. The SMILES string of the molecule is CCNC(Cc1nccs1)c1ccc(F)cc1F. The molecule has 0 aliphatic heterocycles. The van der Waals surface area contributed by atoms with Crippen LogP contribution in [0.3, 0.4) is 0 Å². The Morgan fingerprint density at radius 1 is 1.39 bits per heavy atom. The van der Waals surface area contributed by atoms with Crippen molar-refractivity contribution in [2.45, 2.75) is 19.4 Å². The molecule has 1 aromatic heterocycles. The number of halogens is 2. The van der Waals surface area contributed by atoms with E-state index in [1.165, 1.54) is 23.5 Å². The van der Waals surface area contributed by atoms with E-state index in [4.69, 9.17) is 0 Å². The van der Waals surface area contributed by atoms with E-state index in [2.05, 4.69) is 10.3 Å². The average Bonchev–Trinajstić information content (AvgIpc) is 2.81. The van der Waals surface area contributed by atoms with Gasteiger partial charge in [-0.15, -0.1) is 11.3 Å². The van der Waals surface area contributed by atoms with E-state index in [0.717, 1.165) is 11.1 Å². The highest BCUT2D eigenvalue weighted by atomic mass is 32.1. The van der Waals surface area contributed by atoms with Gasteiger partial charge in [0.05, 0.1) is 5.01 Å². The highest BCUT2D eigenvalue weighted by Crippen LogP contribution is 2.22. The summed E-state index contributed by atoms with van der Waals surface area (Å²) in [6.45, 7) is 2.67. The van der Waals surface area contributed by atoms with Crippen molar-refractivity contribution in [1.29, 1.82) is 0 Å². The van der Waals surface area contributed by atoms with E-state index in [9.17, 15) is 8.78 Å². The van der Waals surface area contributed by atoms with Crippen molar-refractivity contribution in [2.75, 3.05) is 6.54 Å². The molecule has 2 nitrogen and oxygen atoms in total. The predicted molar refractivity (Wildman–Crippen MR) is 68.6 cm³/mol. The van der Waals surface area contributed by atoms with Crippen molar-refractivity contribution in [3.63, 3.8) is 0 Å². The fourth-order valence-electron chi connectivity index (χ4n) is 1.85. The molecule has 2 rings (SSSR count). The second kappa shape index (κ2) is 6.02. The Hall–Kier alpha value is -1.33. The van der Waals surface area contributed by atoms with Gasteiger partial charge < -0.3 is 5.32 Å². The van der Waals surface area contributed by atoms with E-state index in [0.29, 0.717) is 18.5 Å². The lowest BCUT2D eigenvalue weighted by Gasteiger charge is -2.17. The summed E-state index contributed by atoms with van der Waals surface area (Å²) >= 11 is 1.53. The average molecular weight is 268 g/mol. The van der Waals surface area contributed by atoms with Gasteiger partial charge in [-0.25, -0.2) is 13.8 Å². The molecule has 5 heteroatoms. The molecule has 0 radical (unpaired) electrons. The minimum Gasteiger partial charge on any atom is -0.310 e. The Bertz CT molecular complexity index is 500. The number of benzene rings is 1. The maximum Gasteiger partial charge on any atom is 0.130 e. The predicted octanol–water partition coefficient (Wildman–Crippen LogP) is 3.31. The molecule has 0 fully saturated rings. The number of hydrogen-bond donors (Lipinski definition) is 1. The lowest BCUT2D eigenvalue weighted by atomic mass is 10.0. The molecule has 1 aromatic carbocycles. The quantitative estimate of drug-likeness (QED) is 0.900. The van der Waals surface area contributed by atoms with E-state index < -0.39 is 11.6 Å². The molecule has 1 unspecified atom stereocenters. The third-order valence-electron chi connectivity index (χ3n) is 2.65. The van der Waals surface area contributed by atoms with E-state index in [1.807, 2.05) is 12.3 Å². The number of thiazole rings is 1. The molecule has 0 saturated heterocycles. The monoisotopic (exact) mass is 268 g/mol. The van der Waals surface area contributed by atoms with E-state index in [-0.39, 0.29) is 6.04 Å². The normalized spacial score (nSPS) is 12.6. The second-order valence-electron chi connectivity index (χ2n) is 3.91. The Labute approximate surface area is 109 Å². The Kier molecular flexibility index (Phi) is 4.38. The van der Waals surface area contributed by atoms with Crippen molar-refractivity contribution in [3.05, 3.63) is 52.0 Å². The smallest absolute Gasteiger partial charge is 0.130 e. The highest BCUT2D eigenvalue weighted by molar-refractivity contribution is 7.09. The third kappa shape index (κ3) is 3.11. The van der Waals surface area contributed by atoms with Crippen LogP contribution < -0.4 is 5.32 Å². The van der Waals surface area contributed by atoms with Gasteiger partial charge in [0.1, 0.15) is 11.6 Å². The Morgan fingerprint density at radius 3 is 2.83 bits per heavy atom. The maximum absolute atomic E-state index is 13.8. The molecule has 1 N–H and O–H groups in total. The summed E-state index contributed by atoms with van der Waals surface area (Å²) in [6, 6.07) is 3.51. The number of nitrogens with zero attached hydrogens (tertiary/aromatic N) is 1. The van der Waals surface area contributed by atoms with E-state index >= 15 is 0 Å². The molecule has 2 aromatic rings. The van der Waals surface area contributed by atoms with Crippen LogP contribution in [0.25, 0.3) is 0 Å². The lowest BCUT2D eigenvalue weighted by Crippen LogP contribution is -2.24. The van der Waals surface area contributed by atoms with Crippen molar-refractivity contribution in [3.8, 4) is 0 Å². The van der Waals surface area contributed by atoms with Gasteiger partial charge in [0, 0.05) is 35.7 Å². The molecule has 0 amide bonds. The zero-order chi connectivity index (χ0) is 13.0. The first-order chi connectivity index (χ1) is 8.70. The summed E-state index contributed by atoms with van der Waals surface area (Å²) in [5.74, 6) is -1.07. The van der Waals surface area contributed by atoms with Crippen LogP contribution in [-0.4, -0.2) is 11.5 Å². The first-order valence-corrected chi connectivity index (χ1v) is 6.65. The van der Waals surface area contributed by atoms with Gasteiger partial charge in [0.2, 0.25) is 0 Å². The molecule has 0 aliphatic rings. The van der Waals surface area contributed by atoms with Gasteiger partial charge in [-0.3, -0.25) is 0 Å². The van der Waals surface area contributed by atoms with Gasteiger partial charge in [-0.1, -0.05) is 13.0 Å². The largest absolute Gasteiger partial charge is 0.310 e. The number of nitrogens with one attached hydrogen (secondary N) is 1. The van der Waals surface area contributed by atoms with Crippen molar-refractivity contribution >= 4 is 11.3 Å². The topological polar surface area (TPSA) is 24.9 Å². The molecule has 0 spiro atoms. The standard InChI is InChI=1S/C13H14F2N2S/c1-2-16-12(8-13-17-5-6-18-13)10-4-3-9(14)7-11(10)15/h3-7,12,16H,2,8H2,1H3. The first kappa shape index (κ1) is 13.1. The zero-order valence-corrected chi connectivity index (χ0v) is 10.8. The van der Waals surface area contributed by atoms with Crippen molar-refractivity contribution in [1.82, 2.24) is 10.3 Å². The summed E-state index contributed by atoms with van der Waals surface area (Å²) in [6.07, 6.45) is 2.33. The number of hydrogen-bond acceptors (Lipinski definition) is 3. The fraction of sp³-hybridized carbons (Fsp3) is 0.308. The third-order valence-corrected chi connectivity index (χ3v) is 3.45. The van der Waals surface area contributed by atoms with Crippen LogP contribution in [0.2, 0.25) is 0 Å². The van der Waals surface area contributed by atoms with Crippen molar-refractivity contribution in [2.24, 2.45) is 0 Å². The highest BCUT2D eigenvalue weighted by Gasteiger charge is 2.17. The summed E-state index contributed by atoms with van der Waals surface area (Å²) in [5.41, 5.74) is 0.480. The summed E-state index contributed by atoms with van der Waals surface area (Å²) < 4.78 is 26.7. The number of aromatic nitrogens is 1. The molecule has 18 heavy (non-hydrogen) atoms. The number of likely N-dealkylation sites (N-methyl/N-ethyl adjacent to an activating group) is 1. The van der Waals surface area contributed by atoms with Gasteiger partial charge >= 0.3 is 0 Å². The second-order valence-corrected chi connectivity index (χ2v) is 4.89. The van der Waals surface area contributed by atoms with Crippen LogP contribution in [0.4, 0.5) is 8.78 Å². The van der Waals surface area contributed by atoms with Gasteiger partial charge in [-0.2, -0.15) is 0 Å². The summed E-state index contributed by atoms with van der Waals surface area (Å²) in [7, 11) is 0. The van der Waals surface area contributed by atoms with Crippen LogP contribution >= 0.6 is 11.3 Å². The zero-order valence-electron chi connectivity index (χ0n) is 9.99. The molecule has 1 heterocycles. The molecule has 0 saturated carbocycles. The van der Waals surface area contributed by atoms with Crippen LogP contribution in [0.5, 0.6) is 0 Å². The van der Waals surface area contributed by atoms with Crippen molar-refractivity contribution < 1.29 is 8.78 Å². The Morgan fingerprint density at radius 2 is 2.22 bits per heavy atom. The number of rotatable bonds is 5. The lowest BCUT2D eigenvalue weighted by molar-refractivity contribution is 0.501. The molecule has 1 atom stereocenters. The Balaban J connectivity index is 2.23. The first-order valence-electron chi connectivity index (χ1n) is 5.77. The summed E-state index contributed by atoms with van der Waals surface area (Å²) in [4.78, 5) is 4.19. The van der Waals surface area contributed by atoms with Crippen LogP contribution in [0.1, 0.15) is 23.5 Å².